The van der Waals surface area contributed by atoms with Gasteiger partial charge in [-0.15, -0.1) is 0 Å². The molecule has 1 aromatic heterocycles. The van der Waals surface area contributed by atoms with Crippen molar-refractivity contribution in [1.82, 2.24) is 4.57 Å². The second kappa shape index (κ2) is 10.8. The van der Waals surface area contributed by atoms with E-state index in [1.807, 2.05) is 18.2 Å². The Morgan fingerprint density at radius 1 is 0.971 bits per heavy atom. The first-order chi connectivity index (χ1) is 17.0. The summed E-state index contributed by atoms with van der Waals surface area (Å²) in [4.78, 5) is 42.1. The molecule has 0 spiro atoms. The molecule has 0 radical (unpaired) electrons. The van der Waals surface area contributed by atoms with Gasteiger partial charge in [0.15, 0.2) is 4.80 Å². The number of rotatable bonds is 7. The van der Waals surface area contributed by atoms with Gasteiger partial charge in [0.1, 0.15) is 18.0 Å². The van der Waals surface area contributed by atoms with Gasteiger partial charge >= 0.3 is 11.9 Å². The Balaban J connectivity index is 1.78. The van der Waals surface area contributed by atoms with E-state index >= 15 is 0 Å². The topological polar surface area (TPSA) is 96.2 Å². The van der Waals surface area contributed by atoms with E-state index in [4.69, 9.17) is 14.2 Å². The summed E-state index contributed by atoms with van der Waals surface area (Å²) in [6, 6.07) is 20.9. The van der Waals surface area contributed by atoms with Gasteiger partial charge in [0.2, 0.25) is 0 Å². The van der Waals surface area contributed by atoms with Gasteiger partial charge in [0, 0.05) is 0 Å². The number of thiazole rings is 1. The molecule has 0 fully saturated rings. The molecule has 4 rings (SSSR count). The number of benzene rings is 3. The number of amides is 1. The fourth-order valence-electron chi connectivity index (χ4n) is 3.39. The number of hydrogen-bond donors (Lipinski definition) is 0. The van der Waals surface area contributed by atoms with Gasteiger partial charge in [-0.25, -0.2) is 4.79 Å². The third-order valence-corrected chi connectivity index (χ3v) is 6.02. The average molecular weight is 491 g/mol. The summed E-state index contributed by atoms with van der Waals surface area (Å²) in [7, 11) is 1.30. The van der Waals surface area contributed by atoms with E-state index in [0.717, 1.165) is 0 Å². The first-order valence-electron chi connectivity index (χ1n) is 10.8. The molecule has 35 heavy (non-hydrogen) atoms. The predicted molar refractivity (Wildman–Crippen MR) is 131 cm³/mol. The SMILES string of the molecule is CCOC(=O)Cn1c(=NC(=O)c2ccccc2Oc2ccccc2)sc2cc(C(=O)OC)ccc21. The lowest BCUT2D eigenvalue weighted by Gasteiger charge is -2.09. The Labute approximate surface area is 205 Å². The minimum atomic E-state index is -0.533. The lowest BCUT2D eigenvalue weighted by molar-refractivity contribution is -0.143. The standard InChI is InChI=1S/C26H22N2O6S/c1-3-33-23(29)16-28-20-14-13-17(25(31)32-2)15-22(20)35-26(28)27-24(30)19-11-7-8-12-21(19)34-18-9-5-4-6-10-18/h4-15H,3,16H2,1-2H3. The zero-order valence-corrected chi connectivity index (χ0v) is 19.9. The highest BCUT2D eigenvalue weighted by Crippen LogP contribution is 2.26. The van der Waals surface area contributed by atoms with Crippen molar-refractivity contribution in [2.24, 2.45) is 4.99 Å². The van der Waals surface area contributed by atoms with Gasteiger partial charge < -0.3 is 18.8 Å². The van der Waals surface area contributed by atoms with Crippen LogP contribution in [0.3, 0.4) is 0 Å². The second-order valence-corrected chi connectivity index (χ2v) is 8.29. The molecule has 0 aliphatic carbocycles. The zero-order valence-electron chi connectivity index (χ0n) is 19.1. The molecule has 0 aliphatic heterocycles. The van der Waals surface area contributed by atoms with Crippen LogP contribution in [-0.4, -0.2) is 36.1 Å². The quantitative estimate of drug-likeness (QED) is 0.352. The monoisotopic (exact) mass is 490 g/mol. The van der Waals surface area contributed by atoms with Crippen molar-refractivity contribution in [3.05, 3.63) is 88.7 Å². The number of fused-ring (bicyclic) bond motifs is 1. The van der Waals surface area contributed by atoms with Crippen molar-refractivity contribution in [3.8, 4) is 11.5 Å². The van der Waals surface area contributed by atoms with Crippen molar-refractivity contribution < 1.29 is 28.6 Å². The molecule has 1 amide bonds. The first-order valence-corrected chi connectivity index (χ1v) is 11.6. The number of carbonyl (C=O) groups is 3. The summed E-state index contributed by atoms with van der Waals surface area (Å²) in [5.74, 6) is -0.542. The molecule has 8 nitrogen and oxygen atoms in total. The Hall–Kier alpha value is -4.24. The fourth-order valence-corrected chi connectivity index (χ4v) is 4.45. The Morgan fingerprint density at radius 2 is 1.71 bits per heavy atom. The highest BCUT2D eigenvalue weighted by atomic mass is 32.1. The summed E-state index contributed by atoms with van der Waals surface area (Å²) < 4.78 is 18.1. The van der Waals surface area contributed by atoms with Crippen molar-refractivity contribution in [2.45, 2.75) is 13.5 Å². The number of para-hydroxylation sites is 2. The Bertz CT molecular complexity index is 1460. The molecule has 0 atom stereocenters. The van der Waals surface area contributed by atoms with E-state index in [1.54, 1.807) is 66.1 Å². The van der Waals surface area contributed by atoms with Crippen LogP contribution in [0.25, 0.3) is 10.2 Å². The lowest BCUT2D eigenvalue weighted by Crippen LogP contribution is -2.23. The molecule has 0 bridgehead atoms. The fraction of sp³-hybridized carbons (Fsp3) is 0.154. The third kappa shape index (κ3) is 5.47. The first kappa shape index (κ1) is 23.9. The molecule has 9 heteroatoms. The minimum absolute atomic E-state index is 0.139. The molecule has 0 saturated heterocycles. The summed E-state index contributed by atoms with van der Waals surface area (Å²) >= 11 is 1.18. The summed E-state index contributed by atoms with van der Waals surface area (Å²) in [6.45, 7) is 1.80. The molecular weight excluding hydrogens is 468 g/mol. The number of nitrogens with zero attached hydrogens (tertiary/aromatic N) is 2. The molecule has 0 unspecified atom stereocenters. The van der Waals surface area contributed by atoms with Crippen LogP contribution >= 0.6 is 11.3 Å². The average Bonchev–Trinajstić information content (AvgIpc) is 3.20. The third-order valence-electron chi connectivity index (χ3n) is 4.98. The highest BCUT2D eigenvalue weighted by Gasteiger charge is 2.17. The van der Waals surface area contributed by atoms with Crippen LogP contribution in [0.1, 0.15) is 27.6 Å². The summed E-state index contributed by atoms with van der Waals surface area (Å²) in [5, 5.41) is 0. The molecule has 4 aromatic rings. The van der Waals surface area contributed by atoms with Gasteiger partial charge in [-0.05, 0) is 49.4 Å². The number of carbonyl (C=O) groups excluding carboxylic acids is 3. The Morgan fingerprint density at radius 3 is 2.46 bits per heavy atom. The van der Waals surface area contributed by atoms with Gasteiger partial charge in [0.25, 0.3) is 5.91 Å². The summed E-state index contributed by atoms with van der Waals surface area (Å²) in [6.07, 6.45) is 0. The van der Waals surface area contributed by atoms with Crippen molar-refractivity contribution in [3.63, 3.8) is 0 Å². The van der Waals surface area contributed by atoms with E-state index in [9.17, 15) is 14.4 Å². The number of hydrogen-bond acceptors (Lipinski definition) is 7. The predicted octanol–water partition coefficient (Wildman–Crippen LogP) is 4.59. The molecular formula is C26H22N2O6S. The molecule has 0 N–H and O–H groups in total. The van der Waals surface area contributed by atoms with Crippen LogP contribution in [0, 0.1) is 0 Å². The van der Waals surface area contributed by atoms with E-state index in [2.05, 4.69) is 4.99 Å². The van der Waals surface area contributed by atoms with Crippen molar-refractivity contribution >= 4 is 39.4 Å². The van der Waals surface area contributed by atoms with Crippen LogP contribution in [0.15, 0.2) is 77.8 Å². The van der Waals surface area contributed by atoms with E-state index < -0.39 is 17.8 Å². The van der Waals surface area contributed by atoms with Crippen molar-refractivity contribution in [1.29, 1.82) is 0 Å². The van der Waals surface area contributed by atoms with Crippen LogP contribution in [0.2, 0.25) is 0 Å². The normalized spacial score (nSPS) is 11.3. The van der Waals surface area contributed by atoms with Crippen LogP contribution in [0.4, 0.5) is 0 Å². The number of esters is 2. The Kier molecular flexibility index (Phi) is 7.37. The molecule has 0 saturated carbocycles. The maximum absolute atomic E-state index is 13.2. The summed E-state index contributed by atoms with van der Waals surface area (Å²) in [5.41, 5.74) is 1.26. The van der Waals surface area contributed by atoms with E-state index in [1.165, 1.54) is 18.4 Å². The minimum Gasteiger partial charge on any atom is -0.465 e. The van der Waals surface area contributed by atoms with Gasteiger partial charge in [0.05, 0.1) is 35.1 Å². The molecule has 178 valence electrons. The second-order valence-electron chi connectivity index (χ2n) is 7.28. The van der Waals surface area contributed by atoms with Gasteiger partial charge in [-0.1, -0.05) is 41.7 Å². The van der Waals surface area contributed by atoms with Crippen LogP contribution in [0.5, 0.6) is 11.5 Å². The highest BCUT2D eigenvalue weighted by molar-refractivity contribution is 7.16. The van der Waals surface area contributed by atoms with Gasteiger partial charge in [-0.3, -0.25) is 9.59 Å². The largest absolute Gasteiger partial charge is 0.465 e. The number of aromatic nitrogens is 1. The van der Waals surface area contributed by atoms with E-state index in [0.29, 0.717) is 27.3 Å². The maximum Gasteiger partial charge on any atom is 0.337 e. The molecule has 0 aliphatic rings. The lowest BCUT2D eigenvalue weighted by atomic mass is 10.2. The van der Waals surface area contributed by atoms with Gasteiger partial charge in [-0.2, -0.15) is 4.99 Å². The van der Waals surface area contributed by atoms with Crippen LogP contribution in [-0.2, 0) is 20.8 Å². The zero-order chi connectivity index (χ0) is 24.8. The van der Waals surface area contributed by atoms with Crippen LogP contribution < -0.4 is 9.54 Å². The maximum atomic E-state index is 13.2. The van der Waals surface area contributed by atoms with Crippen molar-refractivity contribution in [2.75, 3.05) is 13.7 Å². The number of ether oxygens (including phenoxy) is 3. The smallest absolute Gasteiger partial charge is 0.337 e. The number of methoxy groups -OCH3 is 1. The van der Waals surface area contributed by atoms with E-state index in [-0.39, 0.29) is 23.5 Å². The molecule has 3 aromatic carbocycles. The molecule has 1 heterocycles.